The highest BCUT2D eigenvalue weighted by Crippen LogP contribution is 2.01. The lowest BCUT2D eigenvalue weighted by Gasteiger charge is -2.21. The van der Waals surface area contributed by atoms with Gasteiger partial charge in [-0.05, 0) is 0 Å². The van der Waals surface area contributed by atoms with Gasteiger partial charge in [0.1, 0.15) is 24.0 Å². The molecule has 0 unspecified atom stereocenters. The monoisotopic (exact) mass is 292 g/mol. The summed E-state index contributed by atoms with van der Waals surface area (Å²) in [6.07, 6.45) is -4.57. The smallest absolute Gasteiger partial charge is 0.332 e. The lowest BCUT2D eigenvalue weighted by molar-refractivity contribution is -0.0549. The summed E-state index contributed by atoms with van der Waals surface area (Å²) in [6.45, 7) is -0.828. The summed E-state index contributed by atoms with van der Waals surface area (Å²) in [4.78, 5) is 20.9. The van der Waals surface area contributed by atoms with Crippen molar-refractivity contribution in [1.29, 1.82) is 0 Å². The number of rotatable bonds is 7. The van der Waals surface area contributed by atoms with Crippen LogP contribution in [0.25, 0.3) is 0 Å². The Morgan fingerprint density at radius 1 is 1.15 bits per heavy atom. The molecule has 0 bridgehead atoms. The summed E-state index contributed by atoms with van der Waals surface area (Å²) in [5, 5.41) is 43.5. The first-order valence-electron chi connectivity index (χ1n) is 5.16. The van der Waals surface area contributed by atoms with Crippen LogP contribution in [-0.4, -0.2) is 69.3 Å². The van der Waals surface area contributed by atoms with Crippen LogP contribution in [0.3, 0.4) is 0 Å². The Bertz CT molecular complexity index is 399. The predicted octanol–water partition coefficient (Wildman–Crippen LogP) is -4.26. The molecular formula is C8H16N6O6. The number of nitrogens with two attached hydrogens (primary N) is 2. The highest BCUT2D eigenvalue weighted by Gasteiger charge is 2.28. The van der Waals surface area contributed by atoms with Gasteiger partial charge in [0.05, 0.1) is 12.8 Å². The van der Waals surface area contributed by atoms with E-state index in [9.17, 15) is 24.9 Å². The third-order valence-corrected chi connectivity index (χ3v) is 1.87. The van der Waals surface area contributed by atoms with Crippen LogP contribution in [0.1, 0.15) is 0 Å². The summed E-state index contributed by atoms with van der Waals surface area (Å²) in [6, 6.07) is -2.07. The highest BCUT2D eigenvalue weighted by atomic mass is 16.4. The largest absolute Gasteiger partial charge is 0.394 e. The van der Waals surface area contributed by atoms with E-state index in [0.717, 1.165) is 6.21 Å². The van der Waals surface area contributed by atoms with Gasteiger partial charge >= 0.3 is 12.1 Å². The maximum absolute atomic E-state index is 10.5. The number of aliphatic hydroxyl groups excluding tert-OH is 4. The second-order valence-electron chi connectivity index (χ2n) is 3.43. The van der Waals surface area contributed by atoms with Crippen molar-refractivity contribution in [3.63, 3.8) is 0 Å². The van der Waals surface area contributed by atoms with Gasteiger partial charge in [0, 0.05) is 0 Å². The molecule has 12 nitrogen and oxygen atoms in total. The standard InChI is InChI=1S/C8H16N6O6/c9-7(19)13-11-1-3(12-14-8(10)20)5(17)6(18)4(16)2-15/h1,4-6,15-18H,2H2,(H3,9,13,19)(H3,10,14,20)/b11-1-,12-3+/t4-,5+,6+/m1/s1. The summed E-state index contributed by atoms with van der Waals surface area (Å²) >= 11 is 0. The van der Waals surface area contributed by atoms with Gasteiger partial charge in [-0.1, -0.05) is 0 Å². The Labute approximate surface area is 112 Å². The third kappa shape index (κ3) is 6.60. The molecule has 0 aromatic rings. The zero-order valence-corrected chi connectivity index (χ0v) is 10.2. The van der Waals surface area contributed by atoms with Crippen molar-refractivity contribution in [3.8, 4) is 0 Å². The number of amides is 4. The van der Waals surface area contributed by atoms with Gasteiger partial charge in [0.25, 0.3) is 0 Å². The van der Waals surface area contributed by atoms with Gasteiger partial charge in [-0.2, -0.15) is 10.2 Å². The van der Waals surface area contributed by atoms with Crippen molar-refractivity contribution in [2.24, 2.45) is 21.7 Å². The first kappa shape index (κ1) is 17.7. The molecule has 0 rings (SSSR count). The number of nitrogens with one attached hydrogen (secondary N) is 2. The molecule has 3 atom stereocenters. The number of hydrazone groups is 2. The Morgan fingerprint density at radius 3 is 2.15 bits per heavy atom. The van der Waals surface area contributed by atoms with E-state index in [2.05, 4.69) is 10.2 Å². The SMILES string of the molecule is NC(=O)N/N=C\C(=N/NC(N)=O)[C@H](O)[C@@H](O)[C@H](O)CO. The van der Waals surface area contributed by atoms with Crippen molar-refractivity contribution < 1.29 is 30.0 Å². The van der Waals surface area contributed by atoms with Crippen molar-refractivity contribution in [2.75, 3.05) is 6.61 Å². The van der Waals surface area contributed by atoms with Crippen LogP contribution < -0.4 is 22.3 Å². The Hall–Kier alpha value is -2.28. The van der Waals surface area contributed by atoms with Gasteiger partial charge in [0.2, 0.25) is 0 Å². The van der Waals surface area contributed by atoms with Gasteiger partial charge in [0.15, 0.2) is 0 Å². The summed E-state index contributed by atoms with van der Waals surface area (Å²) in [5.41, 5.74) is 12.6. The first-order chi connectivity index (χ1) is 9.29. The molecule has 114 valence electrons. The van der Waals surface area contributed by atoms with E-state index in [0.29, 0.717) is 0 Å². The van der Waals surface area contributed by atoms with Gasteiger partial charge < -0.3 is 31.9 Å². The zero-order chi connectivity index (χ0) is 15.7. The van der Waals surface area contributed by atoms with E-state index in [1.807, 2.05) is 0 Å². The van der Waals surface area contributed by atoms with E-state index in [1.165, 1.54) is 0 Å². The average Bonchev–Trinajstić information content (AvgIpc) is 2.39. The van der Waals surface area contributed by atoms with Crippen LogP contribution in [0.5, 0.6) is 0 Å². The second-order valence-corrected chi connectivity index (χ2v) is 3.43. The number of hydrogen-bond acceptors (Lipinski definition) is 8. The fourth-order valence-corrected chi connectivity index (χ4v) is 0.946. The quantitative estimate of drug-likeness (QED) is 0.171. The minimum absolute atomic E-state index is 0.461. The van der Waals surface area contributed by atoms with Crippen LogP contribution in [0, 0.1) is 0 Å². The van der Waals surface area contributed by atoms with Crippen molar-refractivity contribution in [3.05, 3.63) is 0 Å². The van der Waals surface area contributed by atoms with Crippen LogP contribution in [0.15, 0.2) is 10.2 Å². The van der Waals surface area contributed by atoms with Crippen molar-refractivity contribution >= 4 is 24.0 Å². The molecule has 10 N–H and O–H groups in total. The molecule has 0 aromatic heterocycles. The molecule has 0 saturated heterocycles. The van der Waals surface area contributed by atoms with E-state index in [4.69, 9.17) is 16.6 Å². The van der Waals surface area contributed by atoms with Gasteiger partial charge in [-0.3, -0.25) is 0 Å². The van der Waals surface area contributed by atoms with Crippen molar-refractivity contribution in [2.45, 2.75) is 18.3 Å². The molecule has 0 aliphatic heterocycles. The van der Waals surface area contributed by atoms with Gasteiger partial charge in [-0.25, -0.2) is 20.4 Å². The topological polar surface area (TPSA) is 216 Å². The average molecular weight is 292 g/mol. The second kappa shape index (κ2) is 8.76. The number of urea groups is 2. The number of hydrogen-bond donors (Lipinski definition) is 8. The molecule has 0 heterocycles. The number of nitrogens with zero attached hydrogens (tertiary/aromatic N) is 2. The number of carbonyl (C=O) groups excluding carboxylic acids is 2. The molecule has 0 fully saturated rings. The van der Waals surface area contributed by atoms with E-state index >= 15 is 0 Å². The van der Waals surface area contributed by atoms with Crippen LogP contribution in [0.4, 0.5) is 9.59 Å². The molecule has 0 aliphatic rings. The fourth-order valence-electron chi connectivity index (χ4n) is 0.946. The minimum atomic E-state index is -1.83. The predicted molar refractivity (Wildman–Crippen MR) is 66.5 cm³/mol. The van der Waals surface area contributed by atoms with Crippen LogP contribution in [0.2, 0.25) is 0 Å². The maximum Gasteiger partial charge on any atom is 0.332 e. The molecule has 12 heteroatoms. The molecule has 0 radical (unpaired) electrons. The van der Waals surface area contributed by atoms with Crippen LogP contribution >= 0.6 is 0 Å². The fraction of sp³-hybridized carbons (Fsp3) is 0.500. The molecular weight excluding hydrogens is 276 g/mol. The molecule has 0 aliphatic carbocycles. The summed E-state index contributed by atoms with van der Waals surface area (Å²) in [7, 11) is 0. The molecule has 20 heavy (non-hydrogen) atoms. The van der Waals surface area contributed by atoms with E-state index in [-0.39, 0.29) is 0 Å². The van der Waals surface area contributed by atoms with E-state index < -0.39 is 42.7 Å². The normalized spacial score (nSPS) is 16.5. The van der Waals surface area contributed by atoms with Crippen LogP contribution in [-0.2, 0) is 0 Å². The minimum Gasteiger partial charge on any atom is -0.394 e. The Morgan fingerprint density at radius 2 is 1.70 bits per heavy atom. The summed E-state index contributed by atoms with van der Waals surface area (Å²) < 4.78 is 0. The lowest BCUT2D eigenvalue weighted by Crippen LogP contribution is -2.45. The summed E-state index contributed by atoms with van der Waals surface area (Å²) in [5.74, 6) is 0. The Kier molecular flexibility index (Phi) is 7.76. The lowest BCUT2D eigenvalue weighted by atomic mass is 10.0. The number of aliphatic hydroxyl groups is 4. The molecule has 0 aromatic carbocycles. The highest BCUT2D eigenvalue weighted by molar-refractivity contribution is 6.32. The number of primary amides is 2. The van der Waals surface area contributed by atoms with Gasteiger partial charge in [-0.15, -0.1) is 0 Å². The maximum atomic E-state index is 10.5. The van der Waals surface area contributed by atoms with Crippen molar-refractivity contribution in [1.82, 2.24) is 10.9 Å². The first-order valence-corrected chi connectivity index (χ1v) is 5.16. The molecule has 0 spiro atoms. The molecule has 0 saturated carbocycles. The zero-order valence-electron chi connectivity index (χ0n) is 10.2. The molecule has 4 amide bonds. The van der Waals surface area contributed by atoms with E-state index in [1.54, 1.807) is 10.9 Å². The number of carbonyl (C=O) groups is 2. The third-order valence-electron chi connectivity index (χ3n) is 1.87. The Balaban J connectivity index is 5.00.